The van der Waals surface area contributed by atoms with E-state index in [0.29, 0.717) is 11.8 Å². The van der Waals surface area contributed by atoms with Gasteiger partial charge < -0.3 is 5.32 Å². The number of aromatic nitrogens is 2. The van der Waals surface area contributed by atoms with Gasteiger partial charge in [-0.15, -0.1) is 11.6 Å². The van der Waals surface area contributed by atoms with Gasteiger partial charge in [-0.05, 0) is 31.5 Å². The van der Waals surface area contributed by atoms with E-state index in [1.54, 1.807) is 0 Å². The Labute approximate surface area is 106 Å². The van der Waals surface area contributed by atoms with Gasteiger partial charge in [0, 0.05) is 23.0 Å². The second-order valence-corrected chi connectivity index (χ2v) is 4.16. The summed E-state index contributed by atoms with van der Waals surface area (Å²) in [4.78, 5) is 8.68. The van der Waals surface area contributed by atoms with Crippen LogP contribution in [0, 0.1) is 13.8 Å². The van der Waals surface area contributed by atoms with Crippen molar-refractivity contribution in [2.45, 2.75) is 19.7 Å². The Morgan fingerprint density at radius 2 is 1.76 bits per heavy atom. The van der Waals surface area contributed by atoms with Crippen molar-refractivity contribution in [1.29, 1.82) is 0 Å². The molecule has 2 aromatic rings. The predicted octanol–water partition coefficient (Wildman–Crippen LogP) is 3.58. The SMILES string of the molecule is Cc1cc(C)nc(Nc2ccccc2CCl)n1. The molecule has 0 amide bonds. The van der Waals surface area contributed by atoms with Crippen LogP contribution < -0.4 is 5.32 Å². The summed E-state index contributed by atoms with van der Waals surface area (Å²) >= 11 is 5.88. The third kappa shape index (κ3) is 2.94. The molecule has 1 N–H and O–H groups in total. The van der Waals surface area contributed by atoms with Crippen molar-refractivity contribution in [1.82, 2.24) is 9.97 Å². The number of hydrogen-bond donors (Lipinski definition) is 1. The quantitative estimate of drug-likeness (QED) is 0.843. The predicted molar refractivity (Wildman–Crippen MR) is 70.8 cm³/mol. The average Bonchev–Trinajstić information content (AvgIpc) is 2.28. The largest absolute Gasteiger partial charge is 0.324 e. The van der Waals surface area contributed by atoms with Gasteiger partial charge in [0.05, 0.1) is 0 Å². The molecule has 0 aliphatic heterocycles. The Kier molecular flexibility index (Phi) is 3.59. The number of aryl methyl sites for hydroxylation is 2. The smallest absolute Gasteiger partial charge is 0.227 e. The lowest BCUT2D eigenvalue weighted by Gasteiger charge is -2.09. The summed E-state index contributed by atoms with van der Waals surface area (Å²) in [7, 11) is 0. The van der Waals surface area contributed by atoms with Gasteiger partial charge in [0.25, 0.3) is 0 Å². The van der Waals surface area contributed by atoms with Gasteiger partial charge in [0.15, 0.2) is 0 Å². The minimum atomic E-state index is 0.466. The van der Waals surface area contributed by atoms with Crippen LogP contribution in [0.1, 0.15) is 17.0 Å². The zero-order chi connectivity index (χ0) is 12.3. The lowest BCUT2D eigenvalue weighted by molar-refractivity contribution is 1.06. The van der Waals surface area contributed by atoms with Crippen molar-refractivity contribution in [3.05, 3.63) is 47.3 Å². The van der Waals surface area contributed by atoms with Gasteiger partial charge in [-0.3, -0.25) is 0 Å². The van der Waals surface area contributed by atoms with Crippen LogP contribution in [0.5, 0.6) is 0 Å². The molecule has 0 radical (unpaired) electrons. The zero-order valence-corrected chi connectivity index (χ0v) is 10.6. The van der Waals surface area contributed by atoms with E-state index in [0.717, 1.165) is 22.6 Å². The monoisotopic (exact) mass is 247 g/mol. The molecular weight excluding hydrogens is 234 g/mol. The molecule has 0 aliphatic carbocycles. The zero-order valence-electron chi connectivity index (χ0n) is 9.87. The highest BCUT2D eigenvalue weighted by Crippen LogP contribution is 2.20. The molecule has 0 saturated carbocycles. The number of halogens is 1. The van der Waals surface area contributed by atoms with Crippen molar-refractivity contribution in [3.8, 4) is 0 Å². The molecule has 0 spiro atoms. The third-order valence-electron chi connectivity index (χ3n) is 2.39. The molecule has 0 atom stereocenters. The van der Waals surface area contributed by atoms with E-state index in [4.69, 9.17) is 11.6 Å². The van der Waals surface area contributed by atoms with Gasteiger partial charge in [-0.2, -0.15) is 0 Å². The Morgan fingerprint density at radius 1 is 1.12 bits per heavy atom. The molecule has 1 aromatic heterocycles. The number of nitrogens with zero attached hydrogens (tertiary/aromatic N) is 2. The maximum absolute atomic E-state index is 5.88. The molecule has 88 valence electrons. The number of benzene rings is 1. The van der Waals surface area contributed by atoms with Crippen LogP contribution in [0.4, 0.5) is 11.6 Å². The number of alkyl halides is 1. The van der Waals surface area contributed by atoms with Crippen LogP contribution in [0.3, 0.4) is 0 Å². The molecule has 0 aliphatic rings. The highest BCUT2D eigenvalue weighted by Gasteiger charge is 2.03. The summed E-state index contributed by atoms with van der Waals surface area (Å²) in [6.45, 7) is 3.90. The fourth-order valence-electron chi connectivity index (χ4n) is 1.66. The molecule has 1 aromatic carbocycles. The third-order valence-corrected chi connectivity index (χ3v) is 2.68. The first-order valence-corrected chi connectivity index (χ1v) is 5.95. The van der Waals surface area contributed by atoms with Crippen molar-refractivity contribution in [2.24, 2.45) is 0 Å². The normalized spacial score (nSPS) is 10.3. The van der Waals surface area contributed by atoms with Crippen molar-refractivity contribution >= 4 is 23.2 Å². The number of anilines is 2. The molecule has 2 rings (SSSR count). The lowest BCUT2D eigenvalue weighted by Crippen LogP contribution is -2.01. The molecule has 0 saturated heterocycles. The number of hydrogen-bond acceptors (Lipinski definition) is 3. The summed E-state index contributed by atoms with van der Waals surface area (Å²) in [5.41, 5.74) is 3.89. The molecule has 1 heterocycles. The minimum Gasteiger partial charge on any atom is -0.324 e. The Hall–Kier alpha value is -1.61. The van der Waals surface area contributed by atoms with E-state index in [2.05, 4.69) is 15.3 Å². The van der Waals surface area contributed by atoms with Crippen LogP contribution in [0.25, 0.3) is 0 Å². The molecule has 0 unspecified atom stereocenters. The van der Waals surface area contributed by atoms with Crippen LogP contribution in [0.15, 0.2) is 30.3 Å². The van der Waals surface area contributed by atoms with E-state index < -0.39 is 0 Å². The second-order valence-electron chi connectivity index (χ2n) is 3.89. The van der Waals surface area contributed by atoms with E-state index in [1.165, 1.54) is 0 Å². The Balaban J connectivity index is 2.31. The van der Waals surface area contributed by atoms with Gasteiger partial charge >= 0.3 is 0 Å². The van der Waals surface area contributed by atoms with E-state index in [9.17, 15) is 0 Å². The summed E-state index contributed by atoms with van der Waals surface area (Å²) in [6, 6.07) is 9.82. The standard InChI is InChI=1S/C13H14ClN3/c1-9-7-10(2)16-13(15-9)17-12-6-4-3-5-11(12)8-14/h3-7H,8H2,1-2H3,(H,15,16,17). The summed E-state index contributed by atoms with van der Waals surface area (Å²) in [5.74, 6) is 1.08. The number of rotatable bonds is 3. The maximum atomic E-state index is 5.88. The first-order valence-electron chi connectivity index (χ1n) is 5.42. The van der Waals surface area contributed by atoms with E-state index in [-0.39, 0.29) is 0 Å². The minimum absolute atomic E-state index is 0.466. The second kappa shape index (κ2) is 5.15. The highest BCUT2D eigenvalue weighted by molar-refractivity contribution is 6.17. The molecule has 3 nitrogen and oxygen atoms in total. The van der Waals surface area contributed by atoms with Crippen LogP contribution in [0.2, 0.25) is 0 Å². The molecular formula is C13H14ClN3. The lowest BCUT2D eigenvalue weighted by atomic mass is 10.2. The molecule has 0 bridgehead atoms. The highest BCUT2D eigenvalue weighted by atomic mass is 35.5. The van der Waals surface area contributed by atoms with E-state index in [1.807, 2.05) is 44.2 Å². The number of para-hydroxylation sites is 1. The van der Waals surface area contributed by atoms with Gasteiger partial charge in [0.2, 0.25) is 5.95 Å². The van der Waals surface area contributed by atoms with Crippen molar-refractivity contribution in [3.63, 3.8) is 0 Å². The van der Waals surface area contributed by atoms with Gasteiger partial charge in [-0.25, -0.2) is 9.97 Å². The molecule has 17 heavy (non-hydrogen) atoms. The summed E-state index contributed by atoms with van der Waals surface area (Å²) in [6.07, 6.45) is 0. The fraction of sp³-hybridized carbons (Fsp3) is 0.231. The van der Waals surface area contributed by atoms with Crippen LogP contribution in [-0.4, -0.2) is 9.97 Å². The first-order chi connectivity index (χ1) is 8.19. The van der Waals surface area contributed by atoms with Crippen LogP contribution >= 0.6 is 11.6 Å². The first kappa shape index (κ1) is 11.9. The van der Waals surface area contributed by atoms with Crippen molar-refractivity contribution < 1.29 is 0 Å². The van der Waals surface area contributed by atoms with E-state index >= 15 is 0 Å². The average molecular weight is 248 g/mol. The van der Waals surface area contributed by atoms with Crippen LogP contribution in [-0.2, 0) is 5.88 Å². The summed E-state index contributed by atoms with van der Waals surface area (Å²) < 4.78 is 0. The Morgan fingerprint density at radius 3 is 2.41 bits per heavy atom. The van der Waals surface area contributed by atoms with Gasteiger partial charge in [0.1, 0.15) is 0 Å². The molecule has 4 heteroatoms. The number of nitrogens with one attached hydrogen (secondary N) is 1. The molecule has 0 fully saturated rings. The fourth-order valence-corrected chi connectivity index (χ4v) is 1.89. The Bertz CT molecular complexity index is 506. The van der Waals surface area contributed by atoms with Gasteiger partial charge in [-0.1, -0.05) is 18.2 Å². The summed E-state index contributed by atoms with van der Waals surface area (Å²) in [5, 5.41) is 3.20. The topological polar surface area (TPSA) is 37.8 Å². The van der Waals surface area contributed by atoms with Crippen molar-refractivity contribution in [2.75, 3.05) is 5.32 Å². The maximum Gasteiger partial charge on any atom is 0.227 e.